The van der Waals surface area contributed by atoms with Crippen molar-refractivity contribution in [3.8, 4) is 0 Å². The molecule has 4 heteroatoms. The molecule has 0 unspecified atom stereocenters. The number of benzene rings is 1. The molecule has 1 N–H and O–H groups in total. The van der Waals surface area contributed by atoms with Crippen LogP contribution in [0, 0.1) is 24.7 Å². The minimum atomic E-state index is -0.373. The second kappa shape index (κ2) is 9.53. The van der Waals surface area contributed by atoms with Crippen molar-refractivity contribution >= 4 is 11.7 Å². The number of unbranched alkanes of at least 4 members (excludes halogenated alkanes) is 1. The van der Waals surface area contributed by atoms with Crippen LogP contribution in [0.5, 0.6) is 0 Å². The van der Waals surface area contributed by atoms with Crippen molar-refractivity contribution in [2.75, 3.05) is 14.1 Å². The summed E-state index contributed by atoms with van der Waals surface area (Å²) in [7, 11) is 3.59. The number of carbonyl (C=O) groups is 2. The summed E-state index contributed by atoms with van der Waals surface area (Å²) >= 11 is 0. The minimum absolute atomic E-state index is 0.00101. The van der Waals surface area contributed by atoms with Gasteiger partial charge in [-0.1, -0.05) is 41.5 Å². The van der Waals surface area contributed by atoms with Crippen molar-refractivity contribution in [2.45, 2.75) is 51.6 Å². The number of aliphatic hydroxyl groups is 1. The van der Waals surface area contributed by atoms with Gasteiger partial charge < -0.3 is 10.0 Å². The lowest BCUT2D eigenvalue weighted by atomic mass is 9.88. The Morgan fingerprint density at radius 2 is 2.03 bits per heavy atom. The number of rotatable bonds is 8. The van der Waals surface area contributed by atoms with Gasteiger partial charge in [-0.15, -0.1) is 0 Å². The number of amides is 1. The van der Waals surface area contributed by atoms with Gasteiger partial charge in [0.15, 0.2) is 5.78 Å². The average molecular weight is 396 g/mol. The van der Waals surface area contributed by atoms with E-state index < -0.39 is 0 Å². The molecule has 3 rings (SSSR count). The molecular formula is C25H33NO3. The van der Waals surface area contributed by atoms with E-state index in [0.29, 0.717) is 23.8 Å². The monoisotopic (exact) mass is 395 g/mol. The highest BCUT2D eigenvalue weighted by molar-refractivity contribution is 6.04. The third-order valence-corrected chi connectivity index (χ3v) is 6.36. The van der Waals surface area contributed by atoms with Crippen LogP contribution in [0.1, 0.15) is 54.4 Å². The second-order valence-electron chi connectivity index (χ2n) is 8.83. The highest BCUT2D eigenvalue weighted by Crippen LogP contribution is 2.48. The maximum absolute atomic E-state index is 12.5. The number of hydrogen-bond acceptors (Lipinski definition) is 3. The number of aliphatic hydroxyl groups excluding tert-OH is 1. The maximum atomic E-state index is 12.5. The quantitative estimate of drug-likeness (QED) is 0.309. The Labute approximate surface area is 174 Å². The molecule has 0 bridgehead atoms. The normalized spacial score (nSPS) is 25.9. The molecule has 0 aliphatic heterocycles. The van der Waals surface area contributed by atoms with Crippen LogP contribution in [-0.2, 0) is 4.79 Å². The van der Waals surface area contributed by atoms with E-state index in [1.54, 1.807) is 25.1 Å². The van der Waals surface area contributed by atoms with Gasteiger partial charge in [-0.05, 0) is 63.0 Å². The van der Waals surface area contributed by atoms with Crippen molar-refractivity contribution in [1.82, 2.24) is 4.90 Å². The number of hydrogen-bond donors (Lipinski definition) is 1. The van der Waals surface area contributed by atoms with Crippen LogP contribution in [0.25, 0.3) is 0 Å². The summed E-state index contributed by atoms with van der Waals surface area (Å²) in [4.78, 5) is 25.8. The first kappa shape index (κ1) is 21.5. The van der Waals surface area contributed by atoms with Crippen molar-refractivity contribution in [3.05, 3.63) is 59.2 Å². The summed E-state index contributed by atoms with van der Waals surface area (Å²) in [5, 5.41) is 10.5. The van der Waals surface area contributed by atoms with E-state index in [1.165, 1.54) is 5.57 Å². The Bertz CT molecular complexity index is 808. The predicted octanol–water partition coefficient (Wildman–Crippen LogP) is 4.33. The van der Waals surface area contributed by atoms with E-state index in [2.05, 4.69) is 6.08 Å². The average Bonchev–Trinajstić information content (AvgIpc) is 3.19. The molecule has 0 saturated heterocycles. The topological polar surface area (TPSA) is 57.6 Å². The van der Waals surface area contributed by atoms with Gasteiger partial charge in [0, 0.05) is 32.0 Å². The fourth-order valence-corrected chi connectivity index (χ4v) is 4.74. The van der Waals surface area contributed by atoms with E-state index in [4.69, 9.17) is 0 Å². The van der Waals surface area contributed by atoms with E-state index in [1.807, 2.05) is 37.3 Å². The number of ketones is 1. The van der Waals surface area contributed by atoms with Crippen LogP contribution < -0.4 is 0 Å². The molecule has 0 heterocycles. The summed E-state index contributed by atoms with van der Waals surface area (Å²) in [6, 6.07) is 7.62. The van der Waals surface area contributed by atoms with Crippen LogP contribution >= 0.6 is 0 Å². The van der Waals surface area contributed by atoms with Crippen LogP contribution in [0.2, 0.25) is 0 Å². The van der Waals surface area contributed by atoms with Gasteiger partial charge in [-0.3, -0.25) is 9.59 Å². The van der Waals surface area contributed by atoms with Gasteiger partial charge in [0.2, 0.25) is 5.91 Å². The first-order chi connectivity index (χ1) is 13.8. The summed E-state index contributed by atoms with van der Waals surface area (Å²) in [5.41, 5.74) is 3.22. The largest absolute Gasteiger partial charge is 0.392 e. The molecule has 0 radical (unpaired) electrons. The summed E-state index contributed by atoms with van der Waals surface area (Å²) in [6.45, 7) is 1.98. The van der Waals surface area contributed by atoms with Crippen molar-refractivity contribution in [2.24, 2.45) is 17.8 Å². The van der Waals surface area contributed by atoms with Gasteiger partial charge in [-0.2, -0.15) is 0 Å². The van der Waals surface area contributed by atoms with Crippen molar-refractivity contribution < 1.29 is 14.7 Å². The third kappa shape index (κ3) is 5.45. The first-order valence-corrected chi connectivity index (χ1v) is 10.7. The lowest BCUT2D eigenvalue weighted by Crippen LogP contribution is -2.21. The molecule has 4 nitrogen and oxygen atoms in total. The number of carbonyl (C=O) groups excluding carboxylic acids is 2. The highest BCUT2D eigenvalue weighted by Gasteiger charge is 2.43. The van der Waals surface area contributed by atoms with Crippen LogP contribution in [0.4, 0.5) is 0 Å². The van der Waals surface area contributed by atoms with E-state index in [-0.39, 0.29) is 23.7 Å². The Balaban J connectivity index is 1.52. The summed E-state index contributed by atoms with van der Waals surface area (Å²) in [6.07, 6.45) is 10.9. The zero-order valence-electron chi connectivity index (χ0n) is 17.8. The summed E-state index contributed by atoms with van der Waals surface area (Å²) < 4.78 is 0. The number of nitrogens with zero attached hydrogens (tertiary/aromatic N) is 1. The van der Waals surface area contributed by atoms with E-state index in [0.717, 1.165) is 37.7 Å². The van der Waals surface area contributed by atoms with Crippen LogP contribution in [0.3, 0.4) is 0 Å². The van der Waals surface area contributed by atoms with Crippen LogP contribution in [-0.4, -0.2) is 41.9 Å². The zero-order valence-corrected chi connectivity index (χ0v) is 17.8. The lowest BCUT2D eigenvalue weighted by molar-refractivity contribution is -0.128. The standard InChI is InChI=1S/C25H33NO3/c1-17-7-6-9-19(13-17)23(27)12-11-21-22-15-18(14-20(22)16-24(21)28)8-4-5-10-25(29)26(2)3/h6-7,9,11-14,20-22,24,28H,4-5,8,10,15-16H2,1-3H3/b12-11+/t20-,21+,22-,24+/m0/s1. The number of aryl methyl sites for hydroxylation is 1. The lowest BCUT2D eigenvalue weighted by Gasteiger charge is -2.18. The molecule has 0 aromatic heterocycles. The van der Waals surface area contributed by atoms with Crippen molar-refractivity contribution in [1.29, 1.82) is 0 Å². The smallest absolute Gasteiger partial charge is 0.222 e. The fraction of sp³-hybridized carbons (Fsp3) is 0.520. The van der Waals surface area contributed by atoms with Crippen LogP contribution in [0.15, 0.2) is 48.1 Å². The number of fused-ring (bicyclic) bond motifs is 1. The molecule has 1 aromatic rings. The molecule has 1 saturated carbocycles. The van der Waals surface area contributed by atoms with E-state index in [9.17, 15) is 14.7 Å². The number of allylic oxidation sites excluding steroid dienone is 3. The molecule has 2 aliphatic rings. The Morgan fingerprint density at radius 1 is 1.24 bits per heavy atom. The fourth-order valence-electron chi connectivity index (χ4n) is 4.74. The summed E-state index contributed by atoms with van der Waals surface area (Å²) in [5.74, 6) is 1.03. The Hall–Kier alpha value is -2.20. The second-order valence-corrected chi connectivity index (χ2v) is 8.83. The minimum Gasteiger partial charge on any atom is -0.392 e. The maximum Gasteiger partial charge on any atom is 0.222 e. The molecule has 4 atom stereocenters. The van der Waals surface area contributed by atoms with Gasteiger partial charge in [0.05, 0.1) is 6.10 Å². The zero-order chi connectivity index (χ0) is 21.0. The van der Waals surface area contributed by atoms with Gasteiger partial charge in [0.1, 0.15) is 0 Å². The highest BCUT2D eigenvalue weighted by atomic mass is 16.3. The third-order valence-electron chi connectivity index (χ3n) is 6.36. The van der Waals surface area contributed by atoms with Gasteiger partial charge in [0.25, 0.3) is 0 Å². The first-order valence-electron chi connectivity index (χ1n) is 10.7. The molecule has 29 heavy (non-hydrogen) atoms. The molecule has 1 amide bonds. The molecule has 1 fully saturated rings. The predicted molar refractivity (Wildman–Crippen MR) is 116 cm³/mol. The molecule has 2 aliphatic carbocycles. The molecular weight excluding hydrogens is 362 g/mol. The molecule has 1 aromatic carbocycles. The van der Waals surface area contributed by atoms with E-state index >= 15 is 0 Å². The Morgan fingerprint density at radius 3 is 2.76 bits per heavy atom. The molecule has 156 valence electrons. The van der Waals surface area contributed by atoms with Gasteiger partial charge >= 0.3 is 0 Å². The van der Waals surface area contributed by atoms with Crippen molar-refractivity contribution in [3.63, 3.8) is 0 Å². The SMILES string of the molecule is Cc1cccc(C(=O)/C=C/[C@@H]2[C@H]3CC(CCCCC(=O)N(C)C)=C[C@H]3C[C@H]2O)c1. The molecule has 0 spiro atoms. The Kier molecular flexibility index (Phi) is 7.07. The van der Waals surface area contributed by atoms with Gasteiger partial charge in [-0.25, -0.2) is 0 Å².